The van der Waals surface area contributed by atoms with Gasteiger partial charge in [0.1, 0.15) is 71.0 Å². The number of anilines is 1. The first-order valence-electron chi connectivity index (χ1n) is 21.3. The summed E-state index contributed by atoms with van der Waals surface area (Å²) in [5.74, 6) is -4.21. The molecule has 1 aliphatic carbocycles. The number of carboxylic acid groups (broad SMARTS) is 1. The maximum Gasteiger partial charge on any atom is 0.336 e. The van der Waals surface area contributed by atoms with Gasteiger partial charge in [-0.15, -0.1) is 0 Å². The van der Waals surface area contributed by atoms with Crippen LogP contribution in [-0.4, -0.2) is 113 Å². The van der Waals surface area contributed by atoms with Crippen molar-refractivity contribution < 1.29 is 64.2 Å². The number of phenolic OH excluding ortho intramolecular Hbond substituents is 2. The number of amidine groups is 1. The third-order valence-corrected chi connectivity index (χ3v) is 12.2. The third-order valence-electron chi connectivity index (χ3n) is 12.2. The fourth-order valence-electron chi connectivity index (χ4n) is 9.03. The van der Waals surface area contributed by atoms with E-state index < -0.39 is 70.7 Å². The minimum absolute atomic E-state index is 0.0297. The first-order valence-corrected chi connectivity index (χ1v) is 21.3. The number of aromatic hydroxyl groups is 2. The molecule has 9 rings (SSSR count). The number of hydrogen-bond donors (Lipinski definition) is 9. The van der Waals surface area contributed by atoms with Crippen LogP contribution in [0.4, 0.5) is 5.82 Å². The van der Waals surface area contributed by atoms with Gasteiger partial charge in [0, 0.05) is 30.5 Å². The molecule has 2 bridgehead atoms. The van der Waals surface area contributed by atoms with E-state index in [1.807, 2.05) is 6.92 Å². The maximum absolute atomic E-state index is 13.2. The molecule has 10 N–H and O–H groups in total. The summed E-state index contributed by atoms with van der Waals surface area (Å²) in [4.78, 5) is 29.7. The number of hydrogen-bond acceptors (Lipinski definition) is 17. The molecule has 0 spiro atoms. The van der Waals surface area contributed by atoms with E-state index in [2.05, 4.69) is 20.0 Å². The van der Waals surface area contributed by atoms with Gasteiger partial charge in [0.15, 0.2) is 23.2 Å². The number of carboxylic acids is 1. The number of benzene rings is 3. The second-order valence-electron chi connectivity index (χ2n) is 16.6. The SMILES string of the molecule is CCc1cc(O)cc(COc2c(OC3OC(C(=O)O)C4(O)C(C5=NC=NC5)C(Cc5ccnc(N)c5)=CC3(O)C4O)cc3c(c2O)C(O)=CC(c2ccc(OCCC4=NC(=N)C=C4)cc2)O3)c1. The largest absolute Gasteiger partial charge is 0.508 e. The Hall–Kier alpha value is -7.58. The highest BCUT2D eigenvalue weighted by Gasteiger charge is 2.71. The zero-order valence-corrected chi connectivity index (χ0v) is 35.8. The molecule has 1 fully saturated rings. The summed E-state index contributed by atoms with van der Waals surface area (Å²) in [6.45, 7) is 1.89. The smallest absolute Gasteiger partial charge is 0.336 e. The number of aliphatic hydroxyl groups is 4. The normalized spacial score (nSPS) is 25.9. The van der Waals surface area contributed by atoms with E-state index in [0.717, 1.165) is 11.3 Å². The summed E-state index contributed by atoms with van der Waals surface area (Å²) in [5, 5.41) is 89.4. The van der Waals surface area contributed by atoms with E-state index in [1.165, 1.54) is 36.8 Å². The first-order chi connectivity index (χ1) is 32.1. The number of aliphatic carboxylic acids is 1. The number of carbonyl (C=O) groups is 1. The van der Waals surface area contributed by atoms with Crippen molar-refractivity contribution in [3.8, 4) is 34.5 Å². The molecule has 0 radical (unpaired) electrons. The lowest BCUT2D eigenvalue weighted by molar-refractivity contribution is -0.338. The van der Waals surface area contributed by atoms with Gasteiger partial charge >= 0.3 is 5.97 Å². The number of nitrogens with zero attached hydrogens (tertiary/aromatic N) is 4. The van der Waals surface area contributed by atoms with Crippen molar-refractivity contribution in [2.24, 2.45) is 20.9 Å². The molecule has 1 aromatic heterocycles. The Kier molecular flexibility index (Phi) is 11.8. The Morgan fingerprint density at radius 3 is 2.49 bits per heavy atom. The highest BCUT2D eigenvalue weighted by atomic mass is 16.7. The van der Waals surface area contributed by atoms with Crippen LogP contribution in [0.2, 0.25) is 0 Å². The average Bonchev–Trinajstić information content (AvgIpc) is 3.98. The third kappa shape index (κ3) is 8.44. The molecule has 5 aliphatic rings. The number of pyridine rings is 1. The zero-order chi connectivity index (χ0) is 47.2. The van der Waals surface area contributed by atoms with Crippen molar-refractivity contribution in [2.75, 3.05) is 18.9 Å². The van der Waals surface area contributed by atoms with Crippen LogP contribution < -0.4 is 24.7 Å². The molecule has 1 saturated heterocycles. The Bertz CT molecular complexity index is 2840. The minimum Gasteiger partial charge on any atom is -0.508 e. The van der Waals surface area contributed by atoms with Crippen LogP contribution in [0, 0.1) is 11.3 Å². The molecule has 0 saturated carbocycles. The number of nitrogen functional groups attached to an aromatic ring is 1. The number of fused-ring (bicyclic) bond motifs is 3. The fraction of sp³-hybridized carbons (Fsp3) is 0.292. The van der Waals surface area contributed by atoms with Crippen molar-refractivity contribution >= 4 is 41.1 Å². The van der Waals surface area contributed by atoms with Crippen LogP contribution in [0.5, 0.6) is 34.5 Å². The standard InChI is InChI=1S/C48H46N6O13/c1-2-24-13-26(16-30(55)15-24)22-64-42-36(19-35-39(41(42)57)33(56)18-34(65-35)27-3-6-31(7-4-27)63-12-10-29-5-8-37(49)54-29)66-46-47(61)20-28(14-25-9-11-52-38(50)17-25)40(32-21-51-23-53-32)48(62,45(47)60)43(67-46)44(58)59/h3-9,11,13,15-20,23,34,40,43,45-46,49,55-57,60-62H,2,10,12,14,21-22H2,1H3,(H2,50,52)(H,58,59). The second kappa shape index (κ2) is 17.7. The molecular formula is C48H46N6O13. The molecule has 5 heterocycles. The monoisotopic (exact) mass is 914 g/mol. The number of allylic oxidation sites excluding steroid dienone is 1. The topological polar surface area (TPSA) is 305 Å². The van der Waals surface area contributed by atoms with E-state index in [1.54, 1.807) is 60.7 Å². The lowest BCUT2D eigenvalue weighted by Gasteiger charge is -2.57. The van der Waals surface area contributed by atoms with E-state index in [0.29, 0.717) is 41.9 Å². The summed E-state index contributed by atoms with van der Waals surface area (Å²) >= 11 is 0. The fourth-order valence-corrected chi connectivity index (χ4v) is 9.03. The van der Waals surface area contributed by atoms with Crippen molar-refractivity contribution in [2.45, 2.75) is 68.6 Å². The van der Waals surface area contributed by atoms with Gasteiger partial charge in [-0.25, -0.2) is 19.8 Å². The van der Waals surface area contributed by atoms with Crippen molar-refractivity contribution in [1.82, 2.24) is 4.98 Å². The van der Waals surface area contributed by atoms with Gasteiger partial charge in [-0.05, 0) is 89.7 Å². The van der Waals surface area contributed by atoms with Gasteiger partial charge < -0.3 is 65.2 Å². The molecule has 19 nitrogen and oxygen atoms in total. The van der Waals surface area contributed by atoms with Crippen LogP contribution in [0.15, 0.2) is 112 Å². The number of phenols is 2. The number of nitrogens with two attached hydrogens (primary N) is 1. The first kappa shape index (κ1) is 44.6. The Morgan fingerprint density at radius 1 is 1.00 bits per heavy atom. The Labute approximate surface area is 382 Å². The summed E-state index contributed by atoms with van der Waals surface area (Å²) in [6, 6.07) is 16.1. The average molecular weight is 915 g/mol. The van der Waals surface area contributed by atoms with Crippen LogP contribution >= 0.6 is 0 Å². The maximum atomic E-state index is 13.2. The van der Waals surface area contributed by atoms with Crippen molar-refractivity contribution in [1.29, 1.82) is 5.41 Å². The number of rotatable bonds is 15. The van der Waals surface area contributed by atoms with Gasteiger partial charge in [0.05, 0.1) is 24.8 Å². The number of aromatic nitrogens is 1. The van der Waals surface area contributed by atoms with E-state index in [-0.39, 0.29) is 59.6 Å². The van der Waals surface area contributed by atoms with Crippen molar-refractivity contribution in [3.05, 3.63) is 125 Å². The molecule has 0 amide bonds. The molecule has 67 heavy (non-hydrogen) atoms. The summed E-state index contributed by atoms with van der Waals surface area (Å²) < 4.78 is 30.7. The van der Waals surface area contributed by atoms with Crippen LogP contribution in [0.1, 0.15) is 47.3 Å². The lowest BCUT2D eigenvalue weighted by atomic mass is 9.60. The quantitative estimate of drug-likeness (QED) is 0.0751. The molecule has 346 valence electrons. The van der Waals surface area contributed by atoms with Gasteiger partial charge in [0.2, 0.25) is 12.0 Å². The molecule has 19 heteroatoms. The number of ether oxygens (including phenoxy) is 5. The van der Waals surface area contributed by atoms with E-state index in [9.17, 15) is 40.5 Å². The highest BCUT2D eigenvalue weighted by Crippen LogP contribution is 2.54. The van der Waals surface area contributed by atoms with Crippen LogP contribution in [0.3, 0.4) is 0 Å². The number of aliphatic hydroxyl groups excluding tert-OH is 2. The summed E-state index contributed by atoms with van der Waals surface area (Å²) in [6.07, 6.45) is 2.10. The van der Waals surface area contributed by atoms with Crippen LogP contribution in [0.25, 0.3) is 5.76 Å². The van der Waals surface area contributed by atoms with E-state index >= 15 is 0 Å². The summed E-state index contributed by atoms with van der Waals surface area (Å²) in [5.41, 5.74) is 3.91. The highest BCUT2D eigenvalue weighted by molar-refractivity contribution is 6.14. The molecule has 7 unspecified atom stereocenters. The predicted octanol–water partition coefficient (Wildman–Crippen LogP) is 4.30. The molecular weight excluding hydrogens is 869 g/mol. The number of nitrogens with one attached hydrogen (secondary N) is 1. The molecule has 7 atom stereocenters. The molecule has 4 aliphatic heterocycles. The Balaban J connectivity index is 1.09. The number of aryl methyl sites for hydroxylation is 1. The van der Waals surface area contributed by atoms with Gasteiger partial charge in [-0.3, -0.25) is 10.4 Å². The molecule has 4 aromatic rings. The second-order valence-corrected chi connectivity index (χ2v) is 16.6. The summed E-state index contributed by atoms with van der Waals surface area (Å²) in [7, 11) is 0. The predicted molar refractivity (Wildman–Crippen MR) is 242 cm³/mol. The minimum atomic E-state index is -2.75. The van der Waals surface area contributed by atoms with Gasteiger partial charge in [-0.1, -0.05) is 30.7 Å². The Morgan fingerprint density at radius 2 is 1.79 bits per heavy atom. The van der Waals surface area contributed by atoms with Crippen LogP contribution in [-0.2, 0) is 29.0 Å². The van der Waals surface area contributed by atoms with Crippen molar-refractivity contribution in [3.63, 3.8) is 0 Å². The van der Waals surface area contributed by atoms with Gasteiger partial charge in [-0.2, -0.15) is 0 Å². The zero-order valence-electron chi connectivity index (χ0n) is 35.8. The van der Waals surface area contributed by atoms with Gasteiger partial charge in [0.25, 0.3) is 0 Å². The molecule has 3 aromatic carbocycles. The lowest BCUT2D eigenvalue weighted by Crippen LogP contribution is -2.79. The van der Waals surface area contributed by atoms with E-state index in [4.69, 9.17) is 34.8 Å². The number of aliphatic imine (C=N–C) groups is 3.